The maximum atomic E-state index is 10.7. The van der Waals surface area contributed by atoms with Crippen molar-refractivity contribution in [3.63, 3.8) is 0 Å². The van der Waals surface area contributed by atoms with Gasteiger partial charge in [0.25, 0.3) is 0 Å². The first kappa shape index (κ1) is 13.7. The van der Waals surface area contributed by atoms with Crippen LogP contribution in [0.5, 0.6) is 0 Å². The number of benzene rings is 2. The van der Waals surface area contributed by atoms with E-state index in [1.165, 1.54) is 11.1 Å². The highest BCUT2D eigenvalue weighted by atomic mass is 32.2. The molecule has 0 aliphatic carbocycles. The Balaban J connectivity index is 1.87. The largest absolute Gasteiger partial charge is 0.478 e. The van der Waals surface area contributed by atoms with Gasteiger partial charge in [-0.3, -0.25) is 0 Å². The Kier molecular flexibility index (Phi) is 4.63. The zero-order valence-electron chi connectivity index (χ0n) is 10.8. The first-order valence-corrected chi connectivity index (χ1v) is 7.26. The Hall–Kier alpha value is -1.74. The van der Waals surface area contributed by atoms with Crippen molar-refractivity contribution in [1.29, 1.82) is 0 Å². The molecule has 0 amide bonds. The molecule has 0 atom stereocenters. The summed E-state index contributed by atoms with van der Waals surface area (Å²) in [5, 5.41) is 8.82. The minimum atomic E-state index is -0.876. The molecule has 1 N–H and O–H groups in total. The molecule has 2 aromatic rings. The highest BCUT2D eigenvalue weighted by molar-refractivity contribution is 7.97. The van der Waals surface area contributed by atoms with E-state index >= 15 is 0 Å². The van der Waals surface area contributed by atoms with Crippen LogP contribution in [0, 0.1) is 6.92 Å². The molecular weight excluding hydrogens is 256 g/mol. The zero-order chi connectivity index (χ0) is 13.7. The van der Waals surface area contributed by atoms with Gasteiger partial charge in [-0.15, -0.1) is 0 Å². The van der Waals surface area contributed by atoms with Gasteiger partial charge in [-0.2, -0.15) is 11.8 Å². The summed E-state index contributed by atoms with van der Waals surface area (Å²) in [6, 6.07) is 15.6. The smallest absolute Gasteiger partial charge is 0.335 e. The highest BCUT2D eigenvalue weighted by Crippen LogP contribution is 2.18. The number of carboxylic acid groups (broad SMARTS) is 1. The third kappa shape index (κ3) is 4.14. The van der Waals surface area contributed by atoms with Gasteiger partial charge >= 0.3 is 5.97 Å². The Morgan fingerprint density at radius 3 is 2.37 bits per heavy atom. The van der Waals surface area contributed by atoms with E-state index in [2.05, 4.69) is 31.2 Å². The second-order valence-electron chi connectivity index (χ2n) is 4.48. The highest BCUT2D eigenvalue weighted by Gasteiger charge is 2.02. The monoisotopic (exact) mass is 272 g/mol. The van der Waals surface area contributed by atoms with Crippen LogP contribution in [-0.4, -0.2) is 11.1 Å². The SMILES string of the molecule is Cc1cccc(CSCc2ccc(C(=O)O)cc2)c1. The number of aryl methyl sites for hydroxylation is 1. The molecule has 0 bridgehead atoms. The Morgan fingerprint density at radius 2 is 1.74 bits per heavy atom. The van der Waals surface area contributed by atoms with Crippen molar-refractivity contribution in [2.75, 3.05) is 0 Å². The van der Waals surface area contributed by atoms with E-state index in [0.717, 1.165) is 17.1 Å². The van der Waals surface area contributed by atoms with Crippen molar-refractivity contribution in [3.05, 3.63) is 70.8 Å². The summed E-state index contributed by atoms with van der Waals surface area (Å²) < 4.78 is 0. The first-order chi connectivity index (χ1) is 9.15. The molecule has 0 heterocycles. The van der Waals surface area contributed by atoms with Gasteiger partial charge in [0, 0.05) is 11.5 Å². The van der Waals surface area contributed by atoms with Crippen LogP contribution in [0.25, 0.3) is 0 Å². The molecule has 98 valence electrons. The third-order valence-electron chi connectivity index (χ3n) is 2.82. The minimum absolute atomic E-state index is 0.340. The van der Waals surface area contributed by atoms with E-state index in [9.17, 15) is 4.79 Å². The first-order valence-electron chi connectivity index (χ1n) is 6.10. The molecule has 2 nitrogen and oxygen atoms in total. The molecule has 2 aromatic carbocycles. The molecule has 0 saturated carbocycles. The lowest BCUT2D eigenvalue weighted by Gasteiger charge is -2.04. The number of hydrogen-bond acceptors (Lipinski definition) is 2. The van der Waals surface area contributed by atoms with Crippen molar-refractivity contribution >= 4 is 17.7 Å². The molecule has 19 heavy (non-hydrogen) atoms. The predicted molar refractivity (Wildman–Crippen MR) is 79.6 cm³/mol. The Morgan fingerprint density at radius 1 is 1.05 bits per heavy atom. The molecule has 0 fully saturated rings. The molecule has 0 aliphatic heterocycles. The van der Waals surface area contributed by atoms with Crippen LogP contribution in [0.2, 0.25) is 0 Å². The molecular formula is C16H16O2S. The molecule has 0 unspecified atom stereocenters. The van der Waals surface area contributed by atoms with Crippen LogP contribution in [0.15, 0.2) is 48.5 Å². The molecule has 0 aliphatic rings. The number of aromatic carboxylic acids is 1. The average molecular weight is 272 g/mol. The number of hydrogen-bond donors (Lipinski definition) is 1. The number of carbonyl (C=O) groups is 1. The van der Waals surface area contributed by atoms with E-state index in [0.29, 0.717) is 5.56 Å². The third-order valence-corrected chi connectivity index (χ3v) is 3.90. The van der Waals surface area contributed by atoms with Crippen LogP contribution >= 0.6 is 11.8 Å². The van der Waals surface area contributed by atoms with Crippen LogP contribution < -0.4 is 0 Å². The standard InChI is InChI=1S/C16H16O2S/c1-12-3-2-4-14(9-12)11-19-10-13-5-7-15(8-6-13)16(17)18/h2-9H,10-11H2,1H3,(H,17,18). The summed E-state index contributed by atoms with van der Waals surface area (Å²) in [7, 11) is 0. The predicted octanol–water partition coefficient (Wildman–Crippen LogP) is 4.13. The Bertz CT molecular complexity index is 561. The second kappa shape index (κ2) is 6.43. The molecule has 0 radical (unpaired) electrons. The fourth-order valence-electron chi connectivity index (χ4n) is 1.83. The van der Waals surface area contributed by atoms with Crippen LogP contribution in [0.4, 0.5) is 0 Å². The molecule has 0 saturated heterocycles. The molecule has 2 rings (SSSR count). The van der Waals surface area contributed by atoms with Crippen LogP contribution in [0.3, 0.4) is 0 Å². The maximum Gasteiger partial charge on any atom is 0.335 e. The van der Waals surface area contributed by atoms with Gasteiger partial charge in [-0.25, -0.2) is 4.79 Å². The van der Waals surface area contributed by atoms with Crippen molar-refractivity contribution in [3.8, 4) is 0 Å². The van der Waals surface area contributed by atoms with Gasteiger partial charge in [0.2, 0.25) is 0 Å². The normalized spacial score (nSPS) is 10.4. The fourth-order valence-corrected chi connectivity index (χ4v) is 2.78. The summed E-state index contributed by atoms with van der Waals surface area (Å²) in [6.07, 6.45) is 0. The van der Waals surface area contributed by atoms with Crippen LogP contribution in [0.1, 0.15) is 27.0 Å². The number of rotatable bonds is 5. The van der Waals surface area contributed by atoms with Gasteiger partial charge in [-0.1, -0.05) is 42.0 Å². The average Bonchev–Trinajstić information content (AvgIpc) is 2.39. The summed E-state index contributed by atoms with van der Waals surface area (Å²) in [5.74, 6) is 0.995. The van der Waals surface area contributed by atoms with E-state index in [1.54, 1.807) is 12.1 Å². The molecule has 3 heteroatoms. The number of carboxylic acids is 1. The van der Waals surface area contributed by atoms with E-state index in [4.69, 9.17) is 5.11 Å². The maximum absolute atomic E-state index is 10.7. The van der Waals surface area contributed by atoms with Gasteiger partial charge in [0.05, 0.1) is 5.56 Å². The lowest BCUT2D eigenvalue weighted by Crippen LogP contribution is -1.95. The van der Waals surface area contributed by atoms with Crippen LogP contribution in [-0.2, 0) is 11.5 Å². The summed E-state index contributed by atoms with van der Waals surface area (Å²) >= 11 is 1.83. The van der Waals surface area contributed by atoms with E-state index < -0.39 is 5.97 Å². The lowest BCUT2D eigenvalue weighted by atomic mass is 10.1. The fraction of sp³-hybridized carbons (Fsp3) is 0.188. The summed E-state index contributed by atoms with van der Waals surface area (Å²) in [5.41, 5.74) is 4.10. The summed E-state index contributed by atoms with van der Waals surface area (Å²) in [6.45, 7) is 2.10. The topological polar surface area (TPSA) is 37.3 Å². The van der Waals surface area contributed by atoms with Gasteiger partial charge in [-0.05, 0) is 30.2 Å². The van der Waals surface area contributed by atoms with Crippen molar-refractivity contribution in [2.24, 2.45) is 0 Å². The van der Waals surface area contributed by atoms with E-state index in [1.807, 2.05) is 23.9 Å². The van der Waals surface area contributed by atoms with Crippen molar-refractivity contribution in [1.82, 2.24) is 0 Å². The van der Waals surface area contributed by atoms with Gasteiger partial charge < -0.3 is 5.11 Å². The van der Waals surface area contributed by atoms with Crippen molar-refractivity contribution < 1.29 is 9.90 Å². The number of thioether (sulfide) groups is 1. The summed E-state index contributed by atoms with van der Waals surface area (Å²) in [4.78, 5) is 10.7. The molecule has 0 aromatic heterocycles. The quantitative estimate of drug-likeness (QED) is 0.889. The lowest BCUT2D eigenvalue weighted by molar-refractivity contribution is 0.0697. The van der Waals surface area contributed by atoms with E-state index in [-0.39, 0.29) is 0 Å². The molecule has 0 spiro atoms. The zero-order valence-corrected chi connectivity index (χ0v) is 11.6. The Labute approximate surface area is 117 Å². The van der Waals surface area contributed by atoms with Gasteiger partial charge in [0.15, 0.2) is 0 Å². The minimum Gasteiger partial charge on any atom is -0.478 e. The second-order valence-corrected chi connectivity index (χ2v) is 5.47. The van der Waals surface area contributed by atoms with Crippen molar-refractivity contribution in [2.45, 2.75) is 18.4 Å². The van der Waals surface area contributed by atoms with Gasteiger partial charge in [0.1, 0.15) is 0 Å².